The van der Waals surface area contributed by atoms with Gasteiger partial charge in [0.05, 0.1) is 12.7 Å². The van der Waals surface area contributed by atoms with Gasteiger partial charge in [0.25, 0.3) is 0 Å². The Morgan fingerprint density at radius 3 is 2.22 bits per heavy atom. The first-order valence-electron chi connectivity index (χ1n) is 8.47. The topological polar surface area (TPSA) is 55.8 Å². The van der Waals surface area contributed by atoms with Crippen LogP contribution < -0.4 is 9.47 Å². The maximum Gasteiger partial charge on any atom is 0.336 e. The number of benzene rings is 3. The molecule has 0 atom stereocenters. The number of hydrogen-bond acceptors (Lipinski definition) is 3. The molecule has 0 amide bonds. The highest BCUT2D eigenvalue weighted by atomic mass is 16.5. The molecule has 4 nitrogen and oxygen atoms in total. The summed E-state index contributed by atoms with van der Waals surface area (Å²) >= 11 is 0. The lowest BCUT2D eigenvalue weighted by atomic mass is 9.93. The first-order valence-corrected chi connectivity index (χ1v) is 8.47. The van der Waals surface area contributed by atoms with Crippen LogP contribution in [0.1, 0.15) is 27.0 Å². The van der Waals surface area contributed by atoms with E-state index >= 15 is 0 Å². The van der Waals surface area contributed by atoms with Crippen molar-refractivity contribution in [1.29, 1.82) is 0 Å². The molecule has 136 valence electrons. The lowest BCUT2D eigenvalue weighted by molar-refractivity contribution is 0.0696. The number of para-hydroxylation sites is 1. The minimum atomic E-state index is -1.03. The van der Waals surface area contributed by atoms with Gasteiger partial charge in [-0.3, -0.25) is 0 Å². The van der Waals surface area contributed by atoms with Crippen LogP contribution in [0.2, 0.25) is 0 Å². The molecule has 0 saturated heterocycles. The van der Waals surface area contributed by atoms with Gasteiger partial charge in [-0.2, -0.15) is 0 Å². The van der Waals surface area contributed by atoms with Gasteiger partial charge in [0.1, 0.15) is 18.1 Å². The number of rotatable bonds is 7. The normalized spacial score (nSPS) is 10.3. The number of methoxy groups -OCH3 is 1. The summed E-state index contributed by atoms with van der Waals surface area (Å²) in [7, 11) is 1.51. The largest absolute Gasteiger partial charge is 0.496 e. The van der Waals surface area contributed by atoms with Crippen molar-refractivity contribution in [1.82, 2.24) is 0 Å². The van der Waals surface area contributed by atoms with Crippen LogP contribution in [0.3, 0.4) is 0 Å². The van der Waals surface area contributed by atoms with Crippen molar-refractivity contribution >= 4 is 11.5 Å². The van der Waals surface area contributed by atoms with E-state index in [1.807, 2.05) is 54.6 Å². The van der Waals surface area contributed by atoms with Crippen LogP contribution in [0.4, 0.5) is 0 Å². The molecule has 0 bridgehead atoms. The Labute approximate surface area is 158 Å². The van der Waals surface area contributed by atoms with Crippen LogP contribution in [0.5, 0.6) is 11.5 Å². The number of carboxylic acids is 1. The van der Waals surface area contributed by atoms with E-state index in [4.69, 9.17) is 9.47 Å². The van der Waals surface area contributed by atoms with Crippen molar-refractivity contribution in [2.24, 2.45) is 0 Å². The van der Waals surface area contributed by atoms with Gasteiger partial charge in [-0.1, -0.05) is 61.2 Å². The van der Waals surface area contributed by atoms with Gasteiger partial charge in [-0.05, 0) is 29.3 Å². The van der Waals surface area contributed by atoms with E-state index in [1.54, 1.807) is 18.2 Å². The van der Waals surface area contributed by atoms with Crippen LogP contribution >= 0.6 is 0 Å². The summed E-state index contributed by atoms with van der Waals surface area (Å²) in [5.41, 5.74) is 2.89. The van der Waals surface area contributed by atoms with Crippen LogP contribution in [0.25, 0.3) is 5.57 Å². The van der Waals surface area contributed by atoms with E-state index in [1.165, 1.54) is 7.11 Å². The third-order valence-electron chi connectivity index (χ3n) is 4.23. The van der Waals surface area contributed by atoms with E-state index in [-0.39, 0.29) is 5.56 Å². The maximum atomic E-state index is 11.7. The second kappa shape index (κ2) is 8.23. The summed E-state index contributed by atoms with van der Waals surface area (Å²) in [6.07, 6.45) is 0. The Balaban J connectivity index is 1.98. The number of hydrogen-bond donors (Lipinski definition) is 1. The van der Waals surface area contributed by atoms with E-state index in [9.17, 15) is 9.90 Å². The molecule has 0 spiro atoms. The van der Waals surface area contributed by atoms with Crippen LogP contribution in [-0.2, 0) is 6.61 Å². The Morgan fingerprint density at radius 2 is 1.52 bits per heavy atom. The molecule has 0 saturated carbocycles. The average molecular weight is 360 g/mol. The second-order valence-electron chi connectivity index (χ2n) is 5.94. The quantitative estimate of drug-likeness (QED) is 0.642. The first-order chi connectivity index (χ1) is 13.1. The van der Waals surface area contributed by atoms with E-state index in [0.29, 0.717) is 29.2 Å². The molecule has 0 aliphatic rings. The van der Waals surface area contributed by atoms with Crippen LogP contribution in [0.15, 0.2) is 79.4 Å². The fraction of sp³-hybridized carbons (Fsp3) is 0.0870. The van der Waals surface area contributed by atoms with Gasteiger partial charge in [-0.15, -0.1) is 0 Å². The Hall–Kier alpha value is -3.53. The van der Waals surface area contributed by atoms with Crippen LogP contribution in [-0.4, -0.2) is 18.2 Å². The lowest BCUT2D eigenvalue weighted by Gasteiger charge is -2.17. The molecule has 3 rings (SSSR count). The van der Waals surface area contributed by atoms with Crippen molar-refractivity contribution in [2.45, 2.75) is 6.61 Å². The maximum absolute atomic E-state index is 11.7. The highest BCUT2D eigenvalue weighted by Crippen LogP contribution is 2.37. The summed E-state index contributed by atoms with van der Waals surface area (Å²) in [4.78, 5) is 11.7. The van der Waals surface area contributed by atoms with Crippen molar-refractivity contribution in [3.63, 3.8) is 0 Å². The molecule has 0 heterocycles. The van der Waals surface area contributed by atoms with Crippen molar-refractivity contribution in [2.75, 3.05) is 7.11 Å². The molecule has 0 aromatic heterocycles. The molecule has 3 aromatic rings. The van der Waals surface area contributed by atoms with Gasteiger partial charge in [0, 0.05) is 11.1 Å². The molecule has 1 N–H and O–H groups in total. The van der Waals surface area contributed by atoms with E-state index in [0.717, 1.165) is 11.1 Å². The van der Waals surface area contributed by atoms with E-state index < -0.39 is 5.97 Å². The van der Waals surface area contributed by atoms with Crippen molar-refractivity contribution in [3.8, 4) is 11.5 Å². The highest BCUT2D eigenvalue weighted by molar-refractivity contribution is 5.98. The fourth-order valence-corrected chi connectivity index (χ4v) is 2.90. The standard InChI is InChI=1S/C23H20O4/c1-16(22-19(23(24)25)12-8-14-21(22)26-2)18-11-6-7-13-20(18)27-15-17-9-4-3-5-10-17/h3-14H,1,15H2,2H3,(H,24,25). The highest BCUT2D eigenvalue weighted by Gasteiger charge is 2.20. The molecule has 0 aliphatic carbocycles. The third kappa shape index (κ3) is 4.01. The van der Waals surface area contributed by atoms with Gasteiger partial charge in [0.15, 0.2) is 0 Å². The second-order valence-corrected chi connectivity index (χ2v) is 5.94. The zero-order chi connectivity index (χ0) is 19.2. The first kappa shape index (κ1) is 18.3. The van der Waals surface area contributed by atoms with Gasteiger partial charge < -0.3 is 14.6 Å². The zero-order valence-electron chi connectivity index (χ0n) is 15.0. The van der Waals surface area contributed by atoms with Gasteiger partial charge in [-0.25, -0.2) is 4.79 Å². The number of aromatic carboxylic acids is 1. The summed E-state index contributed by atoms with van der Waals surface area (Å²) in [5, 5.41) is 9.57. The summed E-state index contributed by atoms with van der Waals surface area (Å²) < 4.78 is 11.4. The molecule has 0 radical (unpaired) electrons. The predicted octanol–water partition coefficient (Wildman–Crippen LogP) is 5.03. The average Bonchev–Trinajstić information content (AvgIpc) is 2.72. The van der Waals surface area contributed by atoms with Gasteiger partial charge in [0.2, 0.25) is 0 Å². The minimum Gasteiger partial charge on any atom is -0.496 e. The molecule has 0 unspecified atom stereocenters. The molecule has 4 heteroatoms. The zero-order valence-corrected chi connectivity index (χ0v) is 15.0. The Kier molecular flexibility index (Phi) is 5.57. The Bertz CT molecular complexity index is 961. The fourth-order valence-electron chi connectivity index (χ4n) is 2.90. The van der Waals surface area contributed by atoms with Gasteiger partial charge >= 0.3 is 5.97 Å². The Morgan fingerprint density at radius 1 is 0.889 bits per heavy atom. The smallest absolute Gasteiger partial charge is 0.336 e. The number of carboxylic acid groups (broad SMARTS) is 1. The molecule has 27 heavy (non-hydrogen) atoms. The van der Waals surface area contributed by atoms with E-state index in [2.05, 4.69) is 6.58 Å². The van der Waals surface area contributed by atoms with Crippen molar-refractivity contribution < 1.29 is 19.4 Å². The van der Waals surface area contributed by atoms with Crippen molar-refractivity contribution in [3.05, 3.63) is 102 Å². The summed E-state index contributed by atoms with van der Waals surface area (Å²) in [6, 6.07) is 22.2. The number of carbonyl (C=O) groups is 1. The lowest BCUT2D eigenvalue weighted by Crippen LogP contribution is -2.05. The predicted molar refractivity (Wildman–Crippen MR) is 105 cm³/mol. The number of ether oxygens (including phenoxy) is 2. The molecular weight excluding hydrogens is 340 g/mol. The summed E-state index contributed by atoms with van der Waals surface area (Å²) in [6.45, 7) is 4.54. The monoisotopic (exact) mass is 360 g/mol. The molecule has 3 aromatic carbocycles. The molecule has 0 aliphatic heterocycles. The molecule has 0 fully saturated rings. The minimum absolute atomic E-state index is 0.136. The SMILES string of the molecule is C=C(c1ccccc1OCc1ccccc1)c1c(OC)cccc1C(=O)O. The molecular formula is C23H20O4. The third-order valence-corrected chi connectivity index (χ3v) is 4.23. The summed E-state index contributed by atoms with van der Waals surface area (Å²) in [5.74, 6) is 0.0547. The van der Waals surface area contributed by atoms with Crippen LogP contribution in [0, 0.1) is 0 Å².